The lowest BCUT2D eigenvalue weighted by Crippen LogP contribution is -2.40. The van der Waals surface area contributed by atoms with Crippen LogP contribution in [0.4, 0.5) is 0 Å². The predicted octanol–water partition coefficient (Wildman–Crippen LogP) is 4.11. The van der Waals surface area contributed by atoms with Gasteiger partial charge >= 0.3 is 0 Å². The number of rotatable bonds is 6. The number of amides is 1. The maximum atomic E-state index is 13.4. The van der Waals surface area contributed by atoms with Crippen LogP contribution < -0.4 is 14.8 Å². The molecule has 0 bridgehead atoms. The Labute approximate surface area is 207 Å². The minimum atomic E-state index is -0.288. The Morgan fingerprint density at radius 1 is 1.00 bits per heavy atom. The lowest BCUT2D eigenvalue weighted by Gasteiger charge is -2.26. The van der Waals surface area contributed by atoms with Gasteiger partial charge in [-0.2, -0.15) is 5.10 Å². The first-order valence-electron chi connectivity index (χ1n) is 11.7. The largest absolute Gasteiger partial charge is 0.486 e. The molecule has 3 aromatic heterocycles. The first-order valence-corrected chi connectivity index (χ1v) is 11.7. The van der Waals surface area contributed by atoms with E-state index < -0.39 is 0 Å². The number of carbonyl (C=O) groups is 1. The highest BCUT2D eigenvalue weighted by atomic mass is 16.6. The van der Waals surface area contributed by atoms with E-state index in [1.54, 1.807) is 18.6 Å². The molecular formula is C28H23N5O3. The summed E-state index contributed by atoms with van der Waals surface area (Å²) in [6.07, 6.45) is 4.91. The molecule has 4 heterocycles. The zero-order valence-electron chi connectivity index (χ0n) is 19.4. The fourth-order valence-electron chi connectivity index (χ4n) is 4.23. The Morgan fingerprint density at radius 3 is 2.61 bits per heavy atom. The van der Waals surface area contributed by atoms with Crippen molar-refractivity contribution in [3.05, 3.63) is 103 Å². The van der Waals surface area contributed by atoms with Crippen molar-refractivity contribution in [1.29, 1.82) is 0 Å². The molecule has 1 aliphatic heterocycles. The first kappa shape index (κ1) is 21.8. The number of carbonyl (C=O) groups excluding carboxylic acids is 1. The van der Waals surface area contributed by atoms with Crippen LogP contribution in [-0.4, -0.2) is 44.9 Å². The molecule has 0 unspecified atom stereocenters. The Kier molecular flexibility index (Phi) is 5.75. The standard InChI is InChI=1S/C28H23N5O3/c34-28(30-15-21-18-35-25-8-4-5-9-26(25)36-21)22-14-24(20-6-2-1-3-7-20)32-27-23(22)16-31-33(27)17-19-10-12-29-13-11-19/h1-14,16,21H,15,17-18H2,(H,30,34)/t21-/m0/s1. The van der Waals surface area contributed by atoms with Crippen molar-refractivity contribution in [2.75, 3.05) is 13.2 Å². The summed E-state index contributed by atoms with van der Waals surface area (Å²) < 4.78 is 13.6. The lowest BCUT2D eigenvalue weighted by molar-refractivity contribution is 0.0790. The molecule has 0 radical (unpaired) electrons. The highest BCUT2D eigenvalue weighted by Gasteiger charge is 2.23. The van der Waals surface area contributed by atoms with Crippen LogP contribution >= 0.6 is 0 Å². The monoisotopic (exact) mass is 477 g/mol. The lowest BCUT2D eigenvalue weighted by atomic mass is 10.1. The zero-order chi connectivity index (χ0) is 24.3. The normalized spacial score (nSPS) is 14.5. The van der Waals surface area contributed by atoms with Crippen LogP contribution in [0.2, 0.25) is 0 Å². The van der Waals surface area contributed by atoms with Gasteiger partial charge in [-0.05, 0) is 35.9 Å². The van der Waals surface area contributed by atoms with Crippen LogP contribution in [-0.2, 0) is 6.54 Å². The van der Waals surface area contributed by atoms with Gasteiger partial charge in [-0.1, -0.05) is 42.5 Å². The third-order valence-electron chi connectivity index (χ3n) is 6.06. The van der Waals surface area contributed by atoms with Crippen LogP contribution in [0, 0.1) is 0 Å². The zero-order valence-corrected chi connectivity index (χ0v) is 19.4. The molecule has 36 heavy (non-hydrogen) atoms. The highest BCUT2D eigenvalue weighted by molar-refractivity contribution is 6.06. The molecule has 8 heteroatoms. The van der Waals surface area contributed by atoms with Crippen molar-refractivity contribution < 1.29 is 14.3 Å². The molecule has 6 rings (SSSR count). The Balaban J connectivity index is 1.30. The van der Waals surface area contributed by atoms with E-state index in [1.165, 1.54) is 0 Å². The SMILES string of the molecule is O=C(NC[C@H]1COc2ccccc2O1)c1cc(-c2ccccc2)nc2c1cnn2Cc1ccncc1. The summed E-state index contributed by atoms with van der Waals surface area (Å²) in [6.45, 7) is 1.19. The van der Waals surface area contributed by atoms with Gasteiger partial charge in [0.1, 0.15) is 12.7 Å². The molecule has 0 spiro atoms. The third-order valence-corrected chi connectivity index (χ3v) is 6.06. The van der Waals surface area contributed by atoms with Gasteiger partial charge in [-0.15, -0.1) is 0 Å². The van der Waals surface area contributed by atoms with Crippen molar-refractivity contribution in [1.82, 2.24) is 25.1 Å². The molecule has 1 N–H and O–H groups in total. The summed E-state index contributed by atoms with van der Waals surface area (Å²) in [4.78, 5) is 22.4. The van der Waals surface area contributed by atoms with Crippen LogP contribution in [0.1, 0.15) is 15.9 Å². The number of hydrogen-bond acceptors (Lipinski definition) is 6. The van der Waals surface area contributed by atoms with E-state index in [-0.39, 0.29) is 12.0 Å². The highest BCUT2D eigenvalue weighted by Crippen LogP contribution is 2.31. The number of benzene rings is 2. The van der Waals surface area contributed by atoms with Crippen LogP contribution in [0.15, 0.2) is 91.4 Å². The molecule has 8 nitrogen and oxygen atoms in total. The number of hydrogen-bond donors (Lipinski definition) is 1. The molecule has 2 aromatic carbocycles. The van der Waals surface area contributed by atoms with Crippen LogP contribution in [0.25, 0.3) is 22.3 Å². The smallest absolute Gasteiger partial charge is 0.252 e. The van der Waals surface area contributed by atoms with Crippen molar-refractivity contribution in [3.8, 4) is 22.8 Å². The Hall–Kier alpha value is -4.72. The van der Waals surface area contributed by atoms with E-state index >= 15 is 0 Å². The van der Waals surface area contributed by atoms with Gasteiger partial charge in [0, 0.05) is 18.0 Å². The van der Waals surface area contributed by atoms with Crippen LogP contribution in [0.5, 0.6) is 11.5 Å². The second-order valence-electron chi connectivity index (χ2n) is 8.52. The van der Waals surface area contributed by atoms with Crippen molar-refractivity contribution in [3.63, 3.8) is 0 Å². The molecule has 1 atom stereocenters. The second-order valence-corrected chi connectivity index (χ2v) is 8.52. The maximum absolute atomic E-state index is 13.4. The molecular weight excluding hydrogens is 454 g/mol. The van der Waals surface area contributed by atoms with Gasteiger partial charge in [0.05, 0.1) is 35.9 Å². The maximum Gasteiger partial charge on any atom is 0.252 e. The fourth-order valence-corrected chi connectivity index (χ4v) is 4.23. The molecule has 0 fully saturated rings. The van der Waals surface area contributed by atoms with Crippen molar-refractivity contribution in [2.45, 2.75) is 12.6 Å². The third kappa shape index (κ3) is 4.36. The number of pyridine rings is 2. The molecule has 178 valence electrons. The summed E-state index contributed by atoms with van der Waals surface area (Å²) >= 11 is 0. The Morgan fingerprint density at radius 2 is 1.78 bits per heavy atom. The van der Waals surface area contributed by atoms with Crippen molar-refractivity contribution >= 4 is 16.9 Å². The number of nitrogens with zero attached hydrogens (tertiary/aromatic N) is 4. The second kappa shape index (κ2) is 9.50. The minimum absolute atomic E-state index is 0.217. The molecule has 0 aliphatic carbocycles. The van der Waals surface area contributed by atoms with Gasteiger partial charge in [-0.25, -0.2) is 9.67 Å². The van der Waals surface area contributed by atoms with Crippen LogP contribution in [0.3, 0.4) is 0 Å². The average molecular weight is 478 g/mol. The van der Waals surface area contributed by atoms with E-state index in [2.05, 4.69) is 15.4 Å². The van der Waals surface area contributed by atoms with E-state index in [0.29, 0.717) is 53.5 Å². The summed E-state index contributed by atoms with van der Waals surface area (Å²) in [5, 5.41) is 8.25. The number of fused-ring (bicyclic) bond motifs is 2. The summed E-state index contributed by atoms with van der Waals surface area (Å²) in [5.41, 5.74) is 3.82. The fraction of sp³-hybridized carbons (Fsp3) is 0.143. The van der Waals surface area contributed by atoms with Gasteiger partial charge in [0.2, 0.25) is 0 Å². The van der Waals surface area contributed by atoms with Gasteiger partial charge in [0.15, 0.2) is 17.1 Å². The summed E-state index contributed by atoms with van der Waals surface area (Å²) in [6, 6.07) is 23.0. The van der Waals surface area contributed by atoms with E-state index in [1.807, 2.05) is 77.5 Å². The van der Waals surface area contributed by atoms with E-state index in [9.17, 15) is 4.79 Å². The summed E-state index contributed by atoms with van der Waals surface area (Å²) in [5.74, 6) is 1.17. The first-order chi connectivity index (χ1) is 17.7. The van der Waals surface area contributed by atoms with Gasteiger partial charge in [0.25, 0.3) is 5.91 Å². The van der Waals surface area contributed by atoms with E-state index in [4.69, 9.17) is 14.5 Å². The molecule has 1 amide bonds. The topological polar surface area (TPSA) is 91.2 Å². The van der Waals surface area contributed by atoms with Gasteiger partial charge in [-0.3, -0.25) is 9.78 Å². The quantitative estimate of drug-likeness (QED) is 0.396. The van der Waals surface area contributed by atoms with Crippen molar-refractivity contribution in [2.24, 2.45) is 0 Å². The number of ether oxygens (including phenoxy) is 2. The minimum Gasteiger partial charge on any atom is -0.486 e. The summed E-state index contributed by atoms with van der Waals surface area (Å²) in [7, 11) is 0. The van der Waals surface area contributed by atoms with Gasteiger partial charge < -0.3 is 14.8 Å². The van der Waals surface area contributed by atoms with E-state index in [0.717, 1.165) is 11.1 Å². The molecule has 1 aliphatic rings. The number of nitrogens with one attached hydrogen (secondary N) is 1. The average Bonchev–Trinajstić information content (AvgIpc) is 3.34. The molecule has 5 aromatic rings. The number of para-hydroxylation sites is 2. The number of aromatic nitrogens is 4. The molecule has 0 saturated heterocycles. The predicted molar refractivity (Wildman–Crippen MR) is 135 cm³/mol. The Bertz CT molecular complexity index is 1520. The molecule has 0 saturated carbocycles.